The molecule has 1 saturated heterocycles. The van der Waals surface area contributed by atoms with Crippen molar-refractivity contribution in [2.75, 3.05) is 26.2 Å². The summed E-state index contributed by atoms with van der Waals surface area (Å²) < 4.78 is 5.38. The van der Waals surface area contributed by atoms with Crippen LogP contribution in [0.5, 0.6) is 0 Å². The van der Waals surface area contributed by atoms with Gasteiger partial charge in [-0.05, 0) is 56.6 Å². The molecule has 3 rings (SSSR count). The summed E-state index contributed by atoms with van der Waals surface area (Å²) in [5, 5.41) is 12.6. The van der Waals surface area contributed by atoms with Crippen LogP contribution in [0.25, 0.3) is 11.3 Å². The van der Waals surface area contributed by atoms with Crippen LogP contribution in [0.1, 0.15) is 40.2 Å². The molecular weight excluding hydrogens is 346 g/mol. The number of carbonyl (C=O) groups is 2. The van der Waals surface area contributed by atoms with Crippen molar-refractivity contribution in [3.8, 4) is 11.3 Å². The number of furan rings is 1. The van der Waals surface area contributed by atoms with E-state index in [1.807, 2.05) is 0 Å². The van der Waals surface area contributed by atoms with Crippen LogP contribution < -0.4 is 11.1 Å². The highest BCUT2D eigenvalue weighted by molar-refractivity contribution is 5.94. The first-order valence-corrected chi connectivity index (χ1v) is 9.21. The molecule has 144 valence electrons. The Morgan fingerprint density at radius 3 is 2.67 bits per heavy atom. The number of nitrogens with one attached hydrogen (secondary N) is 1. The van der Waals surface area contributed by atoms with E-state index in [1.54, 1.807) is 30.3 Å². The van der Waals surface area contributed by atoms with Crippen molar-refractivity contribution < 1.29 is 19.1 Å². The van der Waals surface area contributed by atoms with Crippen LogP contribution in [0.2, 0.25) is 0 Å². The van der Waals surface area contributed by atoms with Crippen LogP contribution in [0.15, 0.2) is 40.8 Å². The average molecular weight is 371 g/mol. The summed E-state index contributed by atoms with van der Waals surface area (Å²) in [5.74, 6) is -0.110. The lowest BCUT2D eigenvalue weighted by Crippen LogP contribution is -2.39. The van der Waals surface area contributed by atoms with Crippen molar-refractivity contribution in [2.45, 2.75) is 25.4 Å². The van der Waals surface area contributed by atoms with E-state index in [0.717, 1.165) is 44.5 Å². The number of aliphatic hydroxyl groups is 1. The molecule has 1 fully saturated rings. The van der Waals surface area contributed by atoms with E-state index in [9.17, 15) is 14.7 Å². The van der Waals surface area contributed by atoms with Gasteiger partial charge in [0.2, 0.25) is 0 Å². The number of β-amino-alcohol motifs (C(OH)–C–C–N with tert-alkyl or cyclic N) is 1. The number of hydrogen-bond donors (Lipinski definition) is 3. The largest absolute Gasteiger partial charge is 0.451 e. The average Bonchev–Trinajstić information content (AvgIpc) is 3.16. The van der Waals surface area contributed by atoms with E-state index in [0.29, 0.717) is 17.9 Å². The fourth-order valence-electron chi connectivity index (χ4n) is 3.25. The molecule has 1 aliphatic heterocycles. The molecule has 0 aliphatic carbocycles. The summed E-state index contributed by atoms with van der Waals surface area (Å²) in [7, 11) is 0. The molecular formula is C20H25N3O4. The second-order valence-corrected chi connectivity index (χ2v) is 6.81. The quantitative estimate of drug-likeness (QED) is 0.641. The Morgan fingerprint density at radius 2 is 2.00 bits per heavy atom. The minimum absolute atomic E-state index is 0.105. The maximum Gasteiger partial charge on any atom is 0.284 e. The Morgan fingerprint density at radius 1 is 1.22 bits per heavy atom. The monoisotopic (exact) mass is 371 g/mol. The van der Waals surface area contributed by atoms with E-state index in [4.69, 9.17) is 10.2 Å². The van der Waals surface area contributed by atoms with Gasteiger partial charge in [-0.3, -0.25) is 9.59 Å². The standard InChI is InChI=1S/C20H25N3O4/c21-19(25)18-9-8-17(27-18)14-4-6-15(7-5-14)20(26)22-10-2-12-23-11-1-3-16(24)13-23/h4-9,16,24H,1-3,10-13H2,(H2,21,25)(H,22,26)/t16-/m0/s1. The maximum atomic E-state index is 12.2. The van der Waals surface area contributed by atoms with Gasteiger partial charge >= 0.3 is 0 Å². The smallest absolute Gasteiger partial charge is 0.284 e. The molecule has 4 N–H and O–H groups in total. The second-order valence-electron chi connectivity index (χ2n) is 6.81. The van der Waals surface area contributed by atoms with Gasteiger partial charge in [0.05, 0.1) is 6.10 Å². The summed E-state index contributed by atoms with van der Waals surface area (Å²) in [6, 6.07) is 10.2. The Balaban J connectivity index is 1.46. The summed E-state index contributed by atoms with van der Waals surface area (Å²) in [6.45, 7) is 3.20. The second kappa shape index (κ2) is 8.83. The molecule has 0 saturated carbocycles. The first kappa shape index (κ1) is 19.1. The van der Waals surface area contributed by atoms with Crippen LogP contribution in [-0.2, 0) is 0 Å². The fourth-order valence-corrected chi connectivity index (χ4v) is 3.25. The normalized spacial score (nSPS) is 17.6. The third-order valence-electron chi connectivity index (χ3n) is 4.70. The van der Waals surface area contributed by atoms with Gasteiger partial charge in [0.25, 0.3) is 11.8 Å². The van der Waals surface area contributed by atoms with Crippen LogP contribution in [0, 0.1) is 0 Å². The predicted molar refractivity (Wildman–Crippen MR) is 101 cm³/mol. The molecule has 2 amide bonds. The van der Waals surface area contributed by atoms with Crippen LogP contribution in [0.3, 0.4) is 0 Å². The highest BCUT2D eigenvalue weighted by Gasteiger charge is 2.17. The van der Waals surface area contributed by atoms with Gasteiger partial charge < -0.3 is 25.5 Å². The van der Waals surface area contributed by atoms with E-state index < -0.39 is 5.91 Å². The van der Waals surface area contributed by atoms with Crippen molar-refractivity contribution >= 4 is 11.8 Å². The van der Waals surface area contributed by atoms with Crippen molar-refractivity contribution in [1.82, 2.24) is 10.2 Å². The van der Waals surface area contributed by atoms with Crippen molar-refractivity contribution in [2.24, 2.45) is 5.73 Å². The van der Waals surface area contributed by atoms with Gasteiger partial charge in [-0.2, -0.15) is 0 Å². The minimum atomic E-state index is -0.615. The van der Waals surface area contributed by atoms with Crippen molar-refractivity contribution in [1.29, 1.82) is 0 Å². The zero-order chi connectivity index (χ0) is 19.2. The van der Waals surface area contributed by atoms with E-state index in [1.165, 1.54) is 6.07 Å². The topological polar surface area (TPSA) is 109 Å². The number of primary amides is 1. The summed E-state index contributed by atoms with van der Waals surface area (Å²) >= 11 is 0. The molecule has 7 heteroatoms. The molecule has 2 heterocycles. The van der Waals surface area contributed by atoms with Crippen LogP contribution in [-0.4, -0.2) is 54.1 Å². The number of nitrogens with two attached hydrogens (primary N) is 1. The molecule has 2 aromatic rings. The summed E-state index contributed by atoms with van der Waals surface area (Å²) in [5.41, 5.74) is 6.51. The first-order valence-electron chi connectivity index (χ1n) is 9.21. The highest BCUT2D eigenvalue weighted by Crippen LogP contribution is 2.22. The number of nitrogens with zero attached hydrogens (tertiary/aromatic N) is 1. The molecule has 1 aromatic heterocycles. The molecule has 27 heavy (non-hydrogen) atoms. The molecule has 0 bridgehead atoms. The molecule has 0 spiro atoms. The lowest BCUT2D eigenvalue weighted by molar-refractivity contribution is 0.0697. The SMILES string of the molecule is NC(=O)c1ccc(-c2ccc(C(=O)NCCCN3CCC[C@H](O)C3)cc2)o1. The Hall–Kier alpha value is -2.64. The predicted octanol–water partition coefficient (Wildman–Crippen LogP) is 1.62. The summed E-state index contributed by atoms with van der Waals surface area (Å²) in [4.78, 5) is 25.6. The maximum absolute atomic E-state index is 12.2. The van der Waals surface area contributed by atoms with E-state index >= 15 is 0 Å². The lowest BCUT2D eigenvalue weighted by atomic mass is 10.1. The Bertz CT molecular complexity index is 785. The zero-order valence-electron chi connectivity index (χ0n) is 15.2. The fraction of sp³-hybridized carbons (Fsp3) is 0.400. The van der Waals surface area contributed by atoms with Gasteiger partial charge in [0.15, 0.2) is 5.76 Å². The van der Waals surface area contributed by atoms with Gasteiger partial charge in [-0.25, -0.2) is 0 Å². The van der Waals surface area contributed by atoms with Crippen molar-refractivity contribution in [3.63, 3.8) is 0 Å². The number of benzene rings is 1. The van der Waals surface area contributed by atoms with E-state index in [-0.39, 0.29) is 17.8 Å². The first-order chi connectivity index (χ1) is 13.0. The number of likely N-dealkylation sites (tertiary alicyclic amines) is 1. The third kappa shape index (κ3) is 5.18. The van der Waals surface area contributed by atoms with Gasteiger partial charge in [0.1, 0.15) is 5.76 Å². The number of rotatable bonds is 7. The number of amides is 2. The van der Waals surface area contributed by atoms with Crippen LogP contribution in [0.4, 0.5) is 0 Å². The highest BCUT2D eigenvalue weighted by atomic mass is 16.3. The van der Waals surface area contributed by atoms with Gasteiger partial charge in [0, 0.05) is 24.2 Å². The number of piperidine rings is 1. The molecule has 7 nitrogen and oxygen atoms in total. The summed E-state index contributed by atoms with van der Waals surface area (Å²) in [6.07, 6.45) is 2.53. The molecule has 0 radical (unpaired) electrons. The molecule has 1 atom stereocenters. The van der Waals surface area contributed by atoms with Gasteiger partial charge in [-0.1, -0.05) is 12.1 Å². The number of hydrogen-bond acceptors (Lipinski definition) is 5. The Labute approximate surface area is 158 Å². The zero-order valence-corrected chi connectivity index (χ0v) is 15.2. The number of carbonyl (C=O) groups excluding carboxylic acids is 2. The molecule has 1 aliphatic rings. The number of aliphatic hydroxyl groups excluding tert-OH is 1. The third-order valence-corrected chi connectivity index (χ3v) is 4.70. The Kier molecular flexibility index (Phi) is 6.26. The lowest BCUT2D eigenvalue weighted by Gasteiger charge is -2.29. The van der Waals surface area contributed by atoms with Crippen LogP contribution >= 0.6 is 0 Å². The van der Waals surface area contributed by atoms with Gasteiger partial charge in [-0.15, -0.1) is 0 Å². The van der Waals surface area contributed by atoms with Crippen molar-refractivity contribution in [3.05, 3.63) is 47.7 Å². The molecule has 1 aromatic carbocycles. The van der Waals surface area contributed by atoms with E-state index in [2.05, 4.69) is 10.2 Å². The minimum Gasteiger partial charge on any atom is -0.451 e. The molecule has 0 unspecified atom stereocenters.